The highest BCUT2D eigenvalue weighted by Gasteiger charge is 2.33. The quantitative estimate of drug-likeness (QED) is 0.903. The normalized spacial score (nSPS) is 20.9. The number of benzene rings is 1. The third kappa shape index (κ3) is 3.57. The van der Waals surface area contributed by atoms with E-state index in [2.05, 4.69) is 43.0 Å². The van der Waals surface area contributed by atoms with Crippen LogP contribution in [0.25, 0.3) is 0 Å². The molecular formula is C16H23NO2. The number of hydrogen-bond donors (Lipinski definition) is 1. The van der Waals surface area contributed by atoms with Crippen LogP contribution in [0.3, 0.4) is 0 Å². The Morgan fingerprint density at radius 3 is 2.42 bits per heavy atom. The van der Waals surface area contributed by atoms with E-state index in [0.717, 1.165) is 25.9 Å². The van der Waals surface area contributed by atoms with Gasteiger partial charge in [0.2, 0.25) is 0 Å². The lowest BCUT2D eigenvalue weighted by atomic mass is 9.77. The van der Waals surface area contributed by atoms with E-state index in [4.69, 9.17) is 5.11 Å². The zero-order valence-corrected chi connectivity index (χ0v) is 11.8. The van der Waals surface area contributed by atoms with E-state index in [1.807, 2.05) is 6.07 Å². The van der Waals surface area contributed by atoms with Crippen molar-refractivity contribution in [2.24, 2.45) is 5.41 Å². The Balaban J connectivity index is 1.95. The Bertz CT molecular complexity index is 422. The number of hydrogen-bond acceptors (Lipinski definition) is 2. The first-order chi connectivity index (χ1) is 9.00. The van der Waals surface area contributed by atoms with Crippen LogP contribution in [0.5, 0.6) is 0 Å². The number of rotatable bonds is 4. The number of piperidine rings is 1. The molecule has 1 aliphatic heterocycles. The van der Waals surface area contributed by atoms with Crippen molar-refractivity contribution in [2.45, 2.75) is 39.2 Å². The van der Waals surface area contributed by atoms with Gasteiger partial charge in [0.15, 0.2) is 0 Å². The van der Waals surface area contributed by atoms with Gasteiger partial charge in [-0.3, -0.25) is 9.69 Å². The molecule has 0 radical (unpaired) electrons. The first kappa shape index (κ1) is 14.1. The fraction of sp³-hybridized carbons (Fsp3) is 0.562. The van der Waals surface area contributed by atoms with Crippen molar-refractivity contribution in [3.8, 4) is 0 Å². The molecule has 1 heterocycles. The van der Waals surface area contributed by atoms with Crippen LogP contribution in [-0.4, -0.2) is 29.1 Å². The van der Waals surface area contributed by atoms with Crippen molar-refractivity contribution in [2.75, 3.05) is 13.1 Å². The molecule has 0 bridgehead atoms. The molecule has 3 heteroatoms. The monoisotopic (exact) mass is 261 g/mol. The molecule has 1 aromatic carbocycles. The highest BCUT2D eigenvalue weighted by atomic mass is 16.4. The number of carboxylic acids is 1. The summed E-state index contributed by atoms with van der Waals surface area (Å²) in [6, 6.07) is 10.9. The first-order valence-electron chi connectivity index (χ1n) is 7.01. The predicted molar refractivity (Wildman–Crippen MR) is 76.0 cm³/mol. The van der Waals surface area contributed by atoms with E-state index in [0.29, 0.717) is 12.5 Å². The van der Waals surface area contributed by atoms with E-state index in [-0.39, 0.29) is 5.41 Å². The molecule has 2 rings (SSSR count). The molecular weight excluding hydrogens is 238 g/mol. The Kier molecular flexibility index (Phi) is 4.25. The van der Waals surface area contributed by atoms with Gasteiger partial charge in [0.1, 0.15) is 0 Å². The molecule has 0 spiro atoms. The van der Waals surface area contributed by atoms with Crippen LogP contribution in [-0.2, 0) is 4.79 Å². The van der Waals surface area contributed by atoms with E-state index >= 15 is 0 Å². The van der Waals surface area contributed by atoms with Crippen LogP contribution in [0.1, 0.15) is 44.7 Å². The van der Waals surface area contributed by atoms with Crippen molar-refractivity contribution in [3.05, 3.63) is 35.9 Å². The zero-order chi connectivity index (χ0) is 13.9. The maximum atomic E-state index is 10.9. The summed E-state index contributed by atoms with van der Waals surface area (Å²) < 4.78 is 0. The molecule has 19 heavy (non-hydrogen) atoms. The van der Waals surface area contributed by atoms with E-state index in [9.17, 15) is 4.79 Å². The molecule has 1 atom stereocenters. The third-order valence-electron chi connectivity index (χ3n) is 4.41. The molecule has 104 valence electrons. The van der Waals surface area contributed by atoms with E-state index in [1.165, 1.54) is 5.56 Å². The van der Waals surface area contributed by atoms with Crippen LogP contribution in [0.2, 0.25) is 0 Å². The smallest absolute Gasteiger partial charge is 0.303 e. The average molecular weight is 261 g/mol. The summed E-state index contributed by atoms with van der Waals surface area (Å²) in [6.07, 6.45) is 2.23. The van der Waals surface area contributed by atoms with Crippen LogP contribution in [0, 0.1) is 5.41 Å². The molecule has 0 aliphatic carbocycles. The predicted octanol–water partition coefficient (Wildman–Crippen LogP) is 3.32. The van der Waals surface area contributed by atoms with Crippen molar-refractivity contribution >= 4 is 5.97 Å². The van der Waals surface area contributed by atoms with Crippen LogP contribution in [0.4, 0.5) is 0 Å². The minimum atomic E-state index is -0.674. The van der Waals surface area contributed by atoms with Gasteiger partial charge < -0.3 is 5.11 Å². The maximum Gasteiger partial charge on any atom is 0.303 e. The average Bonchev–Trinajstić information content (AvgIpc) is 2.38. The topological polar surface area (TPSA) is 40.5 Å². The lowest BCUT2D eigenvalue weighted by molar-refractivity contribution is -0.140. The van der Waals surface area contributed by atoms with Crippen LogP contribution >= 0.6 is 0 Å². The second-order valence-corrected chi connectivity index (χ2v) is 6.00. The summed E-state index contributed by atoms with van der Waals surface area (Å²) in [5.74, 6) is -0.674. The van der Waals surface area contributed by atoms with Gasteiger partial charge in [-0.2, -0.15) is 0 Å². The van der Waals surface area contributed by atoms with Gasteiger partial charge in [-0.05, 0) is 43.8 Å². The summed E-state index contributed by atoms with van der Waals surface area (Å²) in [4.78, 5) is 13.4. The molecule has 0 aromatic heterocycles. The van der Waals surface area contributed by atoms with E-state index in [1.54, 1.807) is 0 Å². The highest BCUT2D eigenvalue weighted by molar-refractivity contribution is 5.67. The molecule has 1 aromatic rings. The Morgan fingerprint density at radius 2 is 1.89 bits per heavy atom. The molecule has 1 N–H and O–H groups in total. The fourth-order valence-corrected chi connectivity index (χ4v) is 2.94. The Hall–Kier alpha value is -1.35. The summed E-state index contributed by atoms with van der Waals surface area (Å²) in [7, 11) is 0. The van der Waals surface area contributed by atoms with Crippen molar-refractivity contribution < 1.29 is 9.90 Å². The van der Waals surface area contributed by atoms with Gasteiger partial charge in [-0.1, -0.05) is 37.3 Å². The Labute approximate surface area is 115 Å². The van der Waals surface area contributed by atoms with Gasteiger partial charge >= 0.3 is 5.97 Å². The van der Waals surface area contributed by atoms with Crippen molar-refractivity contribution in [3.63, 3.8) is 0 Å². The Morgan fingerprint density at radius 1 is 1.32 bits per heavy atom. The molecule has 1 aliphatic rings. The lowest BCUT2D eigenvalue weighted by Gasteiger charge is -2.41. The largest absolute Gasteiger partial charge is 0.481 e. The summed E-state index contributed by atoms with van der Waals surface area (Å²) in [5, 5.41) is 8.97. The maximum absolute atomic E-state index is 10.9. The third-order valence-corrected chi connectivity index (χ3v) is 4.41. The lowest BCUT2D eigenvalue weighted by Crippen LogP contribution is -2.40. The van der Waals surface area contributed by atoms with Gasteiger partial charge in [0.25, 0.3) is 0 Å². The second-order valence-electron chi connectivity index (χ2n) is 6.00. The molecule has 3 nitrogen and oxygen atoms in total. The number of aliphatic carboxylic acids is 1. The molecule has 1 unspecified atom stereocenters. The molecule has 0 saturated carbocycles. The van der Waals surface area contributed by atoms with Gasteiger partial charge in [-0.25, -0.2) is 0 Å². The molecule has 1 fully saturated rings. The minimum absolute atomic E-state index is 0.0290. The number of nitrogens with zero attached hydrogens (tertiary/aromatic N) is 1. The van der Waals surface area contributed by atoms with Gasteiger partial charge in [-0.15, -0.1) is 0 Å². The second kappa shape index (κ2) is 5.74. The van der Waals surface area contributed by atoms with Gasteiger partial charge in [0.05, 0.1) is 6.42 Å². The van der Waals surface area contributed by atoms with Crippen molar-refractivity contribution in [1.29, 1.82) is 0 Å². The first-order valence-corrected chi connectivity index (χ1v) is 7.01. The minimum Gasteiger partial charge on any atom is -0.481 e. The van der Waals surface area contributed by atoms with Crippen LogP contribution < -0.4 is 0 Å². The molecule has 0 amide bonds. The summed E-state index contributed by atoms with van der Waals surface area (Å²) >= 11 is 0. The van der Waals surface area contributed by atoms with Gasteiger partial charge in [0, 0.05) is 6.04 Å². The SMILES string of the molecule is CC(c1ccccc1)N1CCC(C)(CC(=O)O)CC1. The number of carboxylic acid groups (broad SMARTS) is 1. The summed E-state index contributed by atoms with van der Waals surface area (Å²) in [6.45, 7) is 6.31. The number of carbonyl (C=O) groups is 1. The zero-order valence-electron chi connectivity index (χ0n) is 11.8. The van der Waals surface area contributed by atoms with Crippen LogP contribution in [0.15, 0.2) is 30.3 Å². The fourth-order valence-electron chi connectivity index (χ4n) is 2.94. The molecule has 1 saturated heterocycles. The van der Waals surface area contributed by atoms with E-state index < -0.39 is 5.97 Å². The van der Waals surface area contributed by atoms with Crippen molar-refractivity contribution in [1.82, 2.24) is 4.90 Å². The summed E-state index contributed by atoms with van der Waals surface area (Å²) in [5.41, 5.74) is 1.31. The number of likely N-dealkylation sites (tertiary alicyclic amines) is 1. The standard InChI is InChI=1S/C16H23NO2/c1-13(14-6-4-3-5-7-14)17-10-8-16(2,9-11-17)12-15(18)19/h3-7,13H,8-12H2,1-2H3,(H,18,19). The highest BCUT2D eigenvalue weighted by Crippen LogP contribution is 2.36.